The van der Waals surface area contributed by atoms with Gasteiger partial charge in [0.25, 0.3) is 0 Å². The van der Waals surface area contributed by atoms with E-state index in [4.69, 9.17) is 10.5 Å². The number of methoxy groups -OCH3 is 1. The van der Waals surface area contributed by atoms with Crippen LogP contribution in [0.3, 0.4) is 0 Å². The van der Waals surface area contributed by atoms with Gasteiger partial charge in [0.1, 0.15) is 5.69 Å². The Morgan fingerprint density at radius 2 is 2.50 bits per heavy atom. The van der Waals surface area contributed by atoms with Crippen molar-refractivity contribution in [1.82, 2.24) is 14.7 Å². The van der Waals surface area contributed by atoms with Crippen molar-refractivity contribution in [3.8, 4) is 5.88 Å². The van der Waals surface area contributed by atoms with E-state index in [1.54, 1.807) is 18.4 Å². The van der Waals surface area contributed by atoms with Gasteiger partial charge in [0.05, 0.1) is 7.11 Å². The fourth-order valence-corrected chi connectivity index (χ4v) is 2.46. The third-order valence-electron chi connectivity index (χ3n) is 2.59. The van der Waals surface area contributed by atoms with Gasteiger partial charge in [-0.3, -0.25) is 9.20 Å². The Kier molecular flexibility index (Phi) is 4.16. The van der Waals surface area contributed by atoms with Crippen molar-refractivity contribution in [3.05, 3.63) is 17.3 Å². The number of carbonyl (C=O) groups excluding carboxylic acids is 1. The minimum Gasteiger partial charge on any atom is -0.480 e. The Hall–Kier alpha value is -1.60. The third kappa shape index (κ3) is 2.80. The number of thiazole rings is 1. The molecule has 0 aliphatic heterocycles. The Morgan fingerprint density at radius 3 is 3.22 bits per heavy atom. The Bertz CT molecular complexity index is 534. The van der Waals surface area contributed by atoms with Crippen LogP contribution in [0.2, 0.25) is 0 Å². The lowest BCUT2D eigenvalue weighted by molar-refractivity contribution is -0.118. The van der Waals surface area contributed by atoms with Crippen LogP contribution in [-0.4, -0.2) is 28.9 Å². The van der Waals surface area contributed by atoms with E-state index in [9.17, 15) is 4.79 Å². The lowest BCUT2D eigenvalue weighted by atomic mass is 10.3. The van der Waals surface area contributed by atoms with E-state index in [-0.39, 0.29) is 5.91 Å². The first kappa shape index (κ1) is 12.8. The zero-order chi connectivity index (χ0) is 13.0. The molecule has 6 nitrogen and oxygen atoms in total. The average molecular weight is 268 g/mol. The van der Waals surface area contributed by atoms with Crippen LogP contribution in [0, 0.1) is 0 Å². The lowest BCUT2D eigenvalue weighted by Gasteiger charge is -2.05. The number of rotatable bonds is 7. The number of imidazole rings is 1. The monoisotopic (exact) mass is 268 g/mol. The summed E-state index contributed by atoms with van der Waals surface area (Å²) < 4.78 is 7.25. The van der Waals surface area contributed by atoms with E-state index in [2.05, 4.69) is 10.3 Å². The molecule has 0 aliphatic rings. The van der Waals surface area contributed by atoms with E-state index in [1.165, 1.54) is 0 Å². The second kappa shape index (κ2) is 5.83. The summed E-state index contributed by atoms with van der Waals surface area (Å²) in [6.07, 6.45) is 3.11. The number of hydrogen-bond donors (Lipinski definition) is 2. The molecule has 2 aromatic heterocycles. The summed E-state index contributed by atoms with van der Waals surface area (Å²) in [4.78, 5) is 15.9. The molecule has 0 fully saturated rings. The minimum atomic E-state index is -0.265. The van der Waals surface area contributed by atoms with Crippen molar-refractivity contribution >= 4 is 22.2 Å². The van der Waals surface area contributed by atoms with Gasteiger partial charge in [-0.05, 0) is 13.0 Å². The number of amides is 1. The summed E-state index contributed by atoms with van der Waals surface area (Å²) in [7, 11) is 1.61. The molecule has 0 aliphatic carbocycles. The molecule has 3 N–H and O–H groups in total. The summed E-state index contributed by atoms with van der Waals surface area (Å²) in [6.45, 7) is 1.39. The number of aromatic nitrogens is 2. The molecule has 2 heterocycles. The van der Waals surface area contributed by atoms with Crippen molar-refractivity contribution in [2.45, 2.75) is 19.4 Å². The van der Waals surface area contributed by atoms with Gasteiger partial charge in [-0.2, -0.15) is 4.98 Å². The fraction of sp³-hybridized carbons (Fsp3) is 0.455. The van der Waals surface area contributed by atoms with Crippen LogP contribution in [0.15, 0.2) is 11.6 Å². The highest BCUT2D eigenvalue weighted by molar-refractivity contribution is 7.15. The molecule has 98 valence electrons. The highest BCUT2D eigenvalue weighted by atomic mass is 32.1. The molecule has 7 heteroatoms. The fourth-order valence-electron chi connectivity index (χ4n) is 1.73. The largest absolute Gasteiger partial charge is 0.480 e. The molecule has 0 spiro atoms. The Morgan fingerprint density at radius 1 is 1.67 bits per heavy atom. The van der Waals surface area contributed by atoms with E-state index < -0.39 is 0 Å². The van der Waals surface area contributed by atoms with Crippen molar-refractivity contribution in [3.63, 3.8) is 0 Å². The molecular formula is C11H16N4O2S. The Labute approximate surface area is 109 Å². The maximum atomic E-state index is 10.6. The van der Waals surface area contributed by atoms with Gasteiger partial charge < -0.3 is 15.8 Å². The van der Waals surface area contributed by atoms with Gasteiger partial charge in [-0.15, -0.1) is 11.3 Å². The molecule has 0 atom stereocenters. The van der Waals surface area contributed by atoms with Gasteiger partial charge in [0.2, 0.25) is 11.8 Å². The van der Waals surface area contributed by atoms with Gasteiger partial charge in [-0.25, -0.2) is 0 Å². The molecule has 0 unspecified atom stereocenters. The van der Waals surface area contributed by atoms with Crippen LogP contribution in [0.25, 0.3) is 4.96 Å². The molecule has 0 saturated carbocycles. The van der Waals surface area contributed by atoms with Crippen LogP contribution < -0.4 is 15.8 Å². The molecule has 0 bridgehead atoms. The van der Waals surface area contributed by atoms with E-state index in [0.717, 1.165) is 23.6 Å². The normalized spacial score (nSPS) is 10.9. The summed E-state index contributed by atoms with van der Waals surface area (Å²) in [5, 5.41) is 5.24. The van der Waals surface area contributed by atoms with Crippen molar-refractivity contribution in [2.24, 2.45) is 5.73 Å². The lowest BCUT2D eigenvalue weighted by Crippen LogP contribution is -2.19. The summed E-state index contributed by atoms with van der Waals surface area (Å²) in [5.74, 6) is 0.378. The second-order valence-electron chi connectivity index (χ2n) is 3.87. The van der Waals surface area contributed by atoms with Crippen LogP contribution in [0.5, 0.6) is 5.88 Å². The van der Waals surface area contributed by atoms with E-state index >= 15 is 0 Å². The first-order chi connectivity index (χ1) is 8.72. The number of carbonyl (C=O) groups is 1. The van der Waals surface area contributed by atoms with Crippen molar-refractivity contribution in [2.75, 3.05) is 13.7 Å². The number of nitrogens with two attached hydrogens (primary N) is 1. The number of nitrogens with zero attached hydrogens (tertiary/aromatic N) is 2. The summed E-state index contributed by atoms with van der Waals surface area (Å²) in [6, 6.07) is 0. The summed E-state index contributed by atoms with van der Waals surface area (Å²) in [5.41, 5.74) is 6.07. The van der Waals surface area contributed by atoms with Gasteiger partial charge in [0, 0.05) is 24.5 Å². The Balaban J connectivity index is 1.93. The minimum absolute atomic E-state index is 0.265. The van der Waals surface area contributed by atoms with Crippen LogP contribution >= 0.6 is 11.3 Å². The first-order valence-corrected chi connectivity index (χ1v) is 6.57. The van der Waals surface area contributed by atoms with Gasteiger partial charge in [0.15, 0.2) is 4.96 Å². The van der Waals surface area contributed by atoms with Crippen LogP contribution in [0.1, 0.15) is 18.5 Å². The number of nitrogens with one attached hydrogen (secondary N) is 1. The van der Waals surface area contributed by atoms with E-state index in [0.29, 0.717) is 18.8 Å². The van der Waals surface area contributed by atoms with Crippen LogP contribution in [-0.2, 0) is 11.3 Å². The zero-order valence-electron chi connectivity index (χ0n) is 10.2. The standard InChI is InChI=1S/C11H16N4O2S/c1-17-10-8(7-13-4-2-3-9(12)16)15-5-6-18-11(15)14-10/h5-6,13H,2-4,7H2,1H3,(H2,12,16). The quantitative estimate of drug-likeness (QED) is 0.726. The highest BCUT2D eigenvalue weighted by Crippen LogP contribution is 2.22. The molecule has 0 saturated heterocycles. The van der Waals surface area contributed by atoms with Gasteiger partial charge >= 0.3 is 0 Å². The molecular weight excluding hydrogens is 252 g/mol. The topological polar surface area (TPSA) is 81.7 Å². The second-order valence-corrected chi connectivity index (χ2v) is 4.74. The predicted octanol–water partition coefficient (Wildman–Crippen LogP) is 0.760. The first-order valence-electron chi connectivity index (χ1n) is 5.70. The molecule has 0 aromatic carbocycles. The van der Waals surface area contributed by atoms with Crippen molar-refractivity contribution < 1.29 is 9.53 Å². The SMILES string of the molecule is COc1nc2sccn2c1CNCCCC(N)=O. The average Bonchev–Trinajstić information content (AvgIpc) is 2.89. The smallest absolute Gasteiger partial charge is 0.237 e. The molecule has 2 rings (SSSR count). The maximum Gasteiger partial charge on any atom is 0.237 e. The zero-order valence-corrected chi connectivity index (χ0v) is 11.0. The van der Waals surface area contributed by atoms with Crippen molar-refractivity contribution in [1.29, 1.82) is 0 Å². The molecule has 2 aromatic rings. The van der Waals surface area contributed by atoms with E-state index in [1.807, 2.05) is 16.0 Å². The van der Waals surface area contributed by atoms with Gasteiger partial charge in [-0.1, -0.05) is 0 Å². The third-order valence-corrected chi connectivity index (χ3v) is 3.34. The molecule has 1 amide bonds. The number of primary amides is 1. The molecule has 18 heavy (non-hydrogen) atoms. The highest BCUT2D eigenvalue weighted by Gasteiger charge is 2.12. The number of ether oxygens (including phenoxy) is 1. The summed E-state index contributed by atoms with van der Waals surface area (Å²) >= 11 is 1.57. The maximum absolute atomic E-state index is 10.6. The predicted molar refractivity (Wildman–Crippen MR) is 69.8 cm³/mol. The van der Waals surface area contributed by atoms with Crippen LogP contribution in [0.4, 0.5) is 0 Å². The molecule has 0 radical (unpaired) electrons. The number of hydrogen-bond acceptors (Lipinski definition) is 5. The number of fused-ring (bicyclic) bond motifs is 1.